The van der Waals surface area contributed by atoms with Crippen LogP contribution in [0.1, 0.15) is 40.7 Å². The number of nitrogens with zero attached hydrogens (tertiary/aromatic N) is 1. The highest BCUT2D eigenvalue weighted by Gasteiger charge is 2.14. The molecule has 0 atom stereocenters. The standard InChI is InChI=1S/C16H23N3O/c20-16(18-6-3-9-19-7-1-2-8-19)13-4-5-14-11-17-12-15(14)10-13/h4-5,10,17H,1-3,6-9,11-12H2,(H,18,20). The summed E-state index contributed by atoms with van der Waals surface area (Å²) in [7, 11) is 0. The Kier molecular flexibility index (Phi) is 4.33. The Hall–Kier alpha value is -1.39. The van der Waals surface area contributed by atoms with Crippen molar-refractivity contribution in [2.24, 2.45) is 0 Å². The number of amides is 1. The molecule has 1 amide bonds. The number of nitrogens with one attached hydrogen (secondary N) is 2. The molecule has 108 valence electrons. The van der Waals surface area contributed by atoms with Gasteiger partial charge in [-0.2, -0.15) is 0 Å². The van der Waals surface area contributed by atoms with Crippen molar-refractivity contribution in [2.75, 3.05) is 26.2 Å². The number of hydrogen-bond donors (Lipinski definition) is 2. The molecule has 1 aromatic carbocycles. The average Bonchev–Trinajstić information content (AvgIpc) is 3.13. The minimum atomic E-state index is 0.0566. The van der Waals surface area contributed by atoms with Gasteiger partial charge in [0.05, 0.1) is 0 Å². The first-order valence-corrected chi connectivity index (χ1v) is 7.66. The molecule has 0 spiro atoms. The van der Waals surface area contributed by atoms with Crippen molar-refractivity contribution in [1.29, 1.82) is 0 Å². The van der Waals surface area contributed by atoms with Crippen LogP contribution in [0.25, 0.3) is 0 Å². The van der Waals surface area contributed by atoms with Crippen LogP contribution in [0, 0.1) is 0 Å². The lowest BCUT2D eigenvalue weighted by Gasteiger charge is -2.14. The van der Waals surface area contributed by atoms with Crippen molar-refractivity contribution in [3.05, 3.63) is 34.9 Å². The maximum atomic E-state index is 12.1. The lowest BCUT2D eigenvalue weighted by Crippen LogP contribution is -2.28. The fourth-order valence-electron chi connectivity index (χ4n) is 3.05. The molecule has 2 aliphatic heterocycles. The molecule has 4 heteroatoms. The van der Waals surface area contributed by atoms with E-state index in [-0.39, 0.29) is 5.91 Å². The van der Waals surface area contributed by atoms with Crippen LogP contribution >= 0.6 is 0 Å². The summed E-state index contributed by atoms with van der Waals surface area (Å²) in [5, 5.41) is 6.33. The Morgan fingerprint density at radius 2 is 2.00 bits per heavy atom. The third kappa shape index (κ3) is 3.19. The van der Waals surface area contributed by atoms with E-state index in [2.05, 4.69) is 21.6 Å². The fourth-order valence-corrected chi connectivity index (χ4v) is 3.05. The quantitative estimate of drug-likeness (QED) is 0.799. The van der Waals surface area contributed by atoms with Gasteiger partial charge in [0.1, 0.15) is 0 Å². The number of benzene rings is 1. The topological polar surface area (TPSA) is 44.4 Å². The van der Waals surface area contributed by atoms with Gasteiger partial charge < -0.3 is 15.5 Å². The highest BCUT2D eigenvalue weighted by atomic mass is 16.1. The van der Waals surface area contributed by atoms with E-state index in [0.717, 1.165) is 38.2 Å². The van der Waals surface area contributed by atoms with Gasteiger partial charge in [0.15, 0.2) is 0 Å². The second-order valence-corrected chi connectivity index (χ2v) is 5.75. The minimum Gasteiger partial charge on any atom is -0.352 e. The summed E-state index contributed by atoms with van der Waals surface area (Å²) in [6.45, 7) is 6.13. The van der Waals surface area contributed by atoms with E-state index < -0.39 is 0 Å². The van der Waals surface area contributed by atoms with Crippen molar-refractivity contribution >= 4 is 5.91 Å². The van der Waals surface area contributed by atoms with Crippen LogP contribution < -0.4 is 10.6 Å². The van der Waals surface area contributed by atoms with E-state index >= 15 is 0 Å². The fraction of sp³-hybridized carbons (Fsp3) is 0.562. The molecule has 20 heavy (non-hydrogen) atoms. The first-order chi connectivity index (χ1) is 9.83. The number of carbonyl (C=O) groups is 1. The molecular weight excluding hydrogens is 250 g/mol. The van der Waals surface area contributed by atoms with Crippen molar-refractivity contribution in [1.82, 2.24) is 15.5 Å². The third-order valence-electron chi connectivity index (χ3n) is 4.23. The van der Waals surface area contributed by atoms with Gasteiger partial charge in [0, 0.05) is 25.2 Å². The number of carbonyl (C=O) groups excluding carboxylic acids is 1. The van der Waals surface area contributed by atoms with Gasteiger partial charge in [0.2, 0.25) is 0 Å². The Balaban J connectivity index is 1.44. The molecule has 0 unspecified atom stereocenters. The Bertz CT molecular complexity index is 481. The molecule has 1 saturated heterocycles. The summed E-state index contributed by atoms with van der Waals surface area (Å²) in [6, 6.07) is 6.02. The third-order valence-corrected chi connectivity index (χ3v) is 4.23. The van der Waals surface area contributed by atoms with Crippen molar-refractivity contribution in [2.45, 2.75) is 32.4 Å². The smallest absolute Gasteiger partial charge is 0.251 e. The van der Waals surface area contributed by atoms with Crippen molar-refractivity contribution in [3.63, 3.8) is 0 Å². The van der Waals surface area contributed by atoms with E-state index in [1.807, 2.05) is 12.1 Å². The summed E-state index contributed by atoms with van der Waals surface area (Å²) in [4.78, 5) is 14.6. The molecule has 0 aliphatic carbocycles. The van der Waals surface area contributed by atoms with Gasteiger partial charge in [-0.25, -0.2) is 0 Å². The van der Waals surface area contributed by atoms with Crippen molar-refractivity contribution in [3.8, 4) is 0 Å². The molecule has 1 aromatic rings. The van der Waals surface area contributed by atoms with Crippen LogP contribution in [0.15, 0.2) is 18.2 Å². The Labute approximate surface area is 120 Å². The Morgan fingerprint density at radius 3 is 2.85 bits per heavy atom. The second-order valence-electron chi connectivity index (χ2n) is 5.75. The first kappa shape index (κ1) is 13.6. The van der Waals surface area contributed by atoms with Crippen LogP contribution in [0.5, 0.6) is 0 Å². The van der Waals surface area contributed by atoms with Gasteiger partial charge >= 0.3 is 0 Å². The zero-order chi connectivity index (χ0) is 13.8. The van der Waals surface area contributed by atoms with Crippen LogP contribution in [0.3, 0.4) is 0 Å². The van der Waals surface area contributed by atoms with E-state index in [9.17, 15) is 4.79 Å². The van der Waals surface area contributed by atoms with Gasteiger partial charge in [-0.05, 0) is 62.2 Å². The summed E-state index contributed by atoms with van der Waals surface area (Å²) < 4.78 is 0. The zero-order valence-corrected chi connectivity index (χ0v) is 12.0. The molecule has 0 radical (unpaired) electrons. The summed E-state index contributed by atoms with van der Waals surface area (Å²) in [5.41, 5.74) is 3.36. The average molecular weight is 273 g/mol. The molecule has 2 heterocycles. The molecule has 1 fully saturated rings. The first-order valence-electron chi connectivity index (χ1n) is 7.66. The Morgan fingerprint density at radius 1 is 1.20 bits per heavy atom. The molecule has 2 N–H and O–H groups in total. The van der Waals surface area contributed by atoms with E-state index in [0.29, 0.717) is 0 Å². The maximum absolute atomic E-state index is 12.1. The summed E-state index contributed by atoms with van der Waals surface area (Å²) >= 11 is 0. The largest absolute Gasteiger partial charge is 0.352 e. The van der Waals surface area contributed by atoms with E-state index in [4.69, 9.17) is 0 Å². The van der Waals surface area contributed by atoms with Crippen LogP contribution in [-0.2, 0) is 13.1 Å². The SMILES string of the molecule is O=C(NCCCN1CCCC1)c1ccc2c(c1)CNC2. The normalized spacial score (nSPS) is 18.2. The van der Waals surface area contributed by atoms with E-state index in [1.54, 1.807) is 0 Å². The van der Waals surface area contributed by atoms with Crippen LogP contribution in [0.2, 0.25) is 0 Å². The number of likely N-dealkylation sites (tertiary alicyclic amines) is 1. The molecule has 2 aliphatic rings. The molecule has 0 bridgehead atoms. The number of fused-ring (bicyclic) bond motifs is 1. The van der Waals surface area contributed by atoms with Crippen molar-refractivity contribution < 1.29 is 4.79 Å². The molecule has 0 aromatic heterocycles. The predicted octanol–water partition coefficient (Wildman–Crippen LogP) is 1.51. The van der Waals surface area contributed by atoms with Gasteiger partial charge in [-0.1, -0.05) is 6.07 Å². The summed E-state index contributed by atoms with van der Waals surface area (Å²) in [6.07, 6.45) is 3.70. The van der Waals surface area contributed by atoms with E-state index in [1.165, 1.54) is 37.1 Å². The van der Waals surface area contributed by atoms with Crippen LogP contribution in [-0.4, -0.2) is 37.0 Å². The predicted molar refractivity (Wildman–Crippen MR) is 79.6 cm³/mol. The van der Waals surface area contributed by atoms with Gasteiger partial charge in [-0.3, -0.25) is 4.79 Å². The highest BCUT2D eigenvalue weighted by molar-refractivity contribution is 5.94. The minimum absolute atomic E-state index is 0.0566. The number of hydrogen-bond acceptors (Lipinski definition) is 3. The lowest BCUT2D eigenvalue weighted by atomic mass is 10.1. The molecule has 3 rings (SSSR count). The lowest BCUT2D eigenvalue weighted by molar-refractivity contribution is 0.0952. The zero-order valence-electron chi connectivity index (χ0n) is 12.0. The van der Waals surface area contributed by atoms with Gasteiger partial charge in [-0.15, -0.1) is 0 Å². The van der Waals surface area contributed by atoms with Crippen LogP contribution in [0.4, 0.5) is 0 Å². The highest BCUT2D eigenvalue weighted by Crippen LogP contribution is 2.16. The monoisotopic (exact) mass is 273 g/mol. The summed E-state index contributed by atoms with van der Waals surface area (Å²) in [5.74, 6) is 0.0566. The molecule has 4 nitrogen and oxygen atoms in total. The molecule has 0 saturated carbocycles. The molecular formula is C16H23N3O. The second kappa shape index (κ2) is 6.37. The maximum Gasteiger partial charge on any atom is 0.251 e. The van der Waals surface area contributed by atoms with Gasteiger partial charge in [0.25, 0.3) is 5.91 Å². The number of rotatable bonds is 5.